The summed E-state index contributed by atoms with van der Waals surface area (Å²) in [6.45, 7) is 6.02. The summed E-state index contributed by atoms with van der Waals surface area (Å²) in [4.78, 5) is 25.0. The van der Waals surface area contributed by atoms with Gasteiger partial charge in [0.05, 0.1) is 6.21 Å². The van der Waals surface area contributed by atoms with Crippen LogP contribution in [0.4, 0.5) is 4.79 Å². The van der Waals surface area contributed by atoms with Crippen molar-refractivity contribution in [2.24, 2.45) is 5.10 Å². The maximum atomic E-state index is 12.8. The van der Waals surface area contributed by atoms with Crippen molar-refractivity contribution in [3.63, 3.8) is 0 Å². The maximum Gasteiger partial charge on any atom is 0.346 e. The average molecular weight is 363 g/mol. The number of carbonyl (C=O) groups is 2. The van der Waals surface area contributed by atoms with Crippen LogP contribution in [0.5, 0.6) is 0 Å². The Labute approximate surface area is 160 Å². The third-order valence-corrected chi connectivity index (χ3v) is 4.92. The predicted octanol–water partition coefficient (Wildman–Crippen LogP) is 4.09. The number of hydrazone groups is 1. The molecule has 0 aromatic heterocycles. The second-order valence-corrected chi connectivity index (χ2v) is 7.43. The monoisotopic (exact) mass is 363 g/mol. The van der Waals surface area contributed by atoms with Gasteiger partial charge in [-0.25, -0.2) is 4.79 Å². The molecular weight excluding hydrogens is 338 g/mol. The Bertz CT molecular complexity index is 844. The number of amides is 3. The number of imide groups is 1. The van der Waals surface area contributed by atoms with Crippen LogP contribution in [-0.2, 0) is 11.2 Å². The number of rotatable bonds is 6. The summed E-state index contributed by atoms with van der Waals surface area (Å²) in [6.07, 6.45) is 2.78. The SMILES string of the molecule is CC(C)c1ccc(/C=N\N2C(=O)N[C@@](C)(CCc3ccccc3)C2=O)cc1. The molecule has 3 amide bonds. The molecule has 1 heterocycles. The Morgan fingerprint density at radius 2 is 1.74 bits per heavy atom. The Balaban J connectivity index is 1.68. The minimum absolute atomic E-state index is 0.321. The number of benzene rings is 2. The number of hydrogen-bond acceptors (Lipinski definition) is 3. The second-order valence-electron chi connectivity index (χ2n) is 7.43. The molecular formula is C22H25N3O2. The first-order valence-corrected chi connectivity index (χ1v) is 9.23. The lowest BCUT2D eigenvalue weighted by Gasteiger charge is -2.20. The van der Waals surface area contributed by atoms with Crippen molar-refractivity contribution < 1.29 is 9.59 Å². The molecule has 27 heavy (non-hydrogen) atoms. The van der Waals surface area contributed by atoms with E-state index in [-0.39, 0.29) is 5.91 Å². The lowest BCUT2D eigenvalue weighted by Crippen LogP contribution is -2.44. The number of hydrogen-bond donors (Lipinski definition) is 1. The van der Waals surface area contributed by atoms with Crippen LogP contribution in [0.25, 0.3) is 0 Å². The number of carbonyl (C=O) groups excluding carboxylic acids is 2. The summed E-state index contributed by atoms with van der Waals surface area (Å²) < 4.78 is 0. The van der Waals surface area contributed by atoms with Gasteiger partial charge >= 0.3 is 6.03 Å². The van der Waals surface area contributed by atoms with E-state index in [2.05, 4.69) is 24.3 Å². The Morgan fingerprint density at radius 3 is 2.37 bits per heavy atom. The van der Waals surface area contributed by atoms with Gasteiger partial charge in [0.2, 0.25) is 0 Å². The number of aryl methyl sites for hydroxylation is 1. The number of nitrogens with zero attached hydrogens (tertiary/aromatic N) is 2. The molecule has 140 valence electrons. The normalized spacial score (nSPS) is 19.9. The summed E-state index contributed by atoms with van der Waals surface area (Å²) >= 11 is 0. The first-order chi connectivity index (χ1) is 12.9. The quantitative estimate of drug-likeness (QED) is 0.621. The molecule has 0 bridgehead atoms. The van der Waals surface area contributed by atoms with Crippen LogP contribution in [0.2, 0.25) is 0 Å². The molecule has 2 aromatic carbocycles. The predicted molar refractivity (Wildman–Crippen MR) is 107 cm³/mol. The van der Waals surface area contributed by atoms with Crippen LogP contribution >= 0.6 is 0 Å². The van der Waals surface area contributed by atoms with Crippen molar-refractivity contribution in [2.75, 3.05) is 0 Å². The molecule has 0 saturated carbocycles. The first kappa shape index (κ1) is 18.8. The molecule has 0 aliphatic carbocycles. The van der Waals surface area contributed by atoms with Crippen LogP contribution in [-0.4, -0.2) is 28.7 Å². The van der Waals surface area contributed by atoms with Crippen LogP contribution < -0.4 is 5.32 Å². The molecule has 1 fully saturated rings. The van der Waals surface area contributed by atoms with Gasteiger partial charge in [-0.15, -0.1) is 5.01 Å². The largest absolute Gasteiger partial charge is 0.346 e. The molecule has 1 saturated heterocycles. The fraction of sp³-hybridized carbons (Fsp3) is 0.318. The molecule has 5 heteroatoms. The van der Waals surface area contributed by atoms with Gasteiger partial charge in [-0.2, -0.15) is 5.10 Å². The minimum atomic E-state index is -0.939. The van der Waals surface area contributed by atoms with Crippen molar-refractivity contribution in [1.29, 1.82) is 0 Å². The lowest BCUT2D eigenvalue weighted by molar-refractivity contribution is -0.130. The first-order valence-electron chi connectivity index (χ1n) is 9.23. The molecule has 2 aromatic rings. The van der Waals surface area contributed by atoms with Crippen LogP contribution in [0, 0.1) is 0 Å². The highest BCUT2D eigenvalue weighted by molar-refractivity contribution is 6.07. The van der Waals surface area contributed by atoms with Gasteiger partial charge in [0.25, 0.3) is 5.91 Å². The highest BCUT2D eigenvalue weighted by Gasteiger charge is 2.47. The summed E-state index contributed by atoms with van der Waals surface area (Å²) in [5.74, 6) is 0.130. The highest BCUT2D eigenvalue weighted by atomic mass is 16.2. The van der Waals surface area contributed by atoms with Gasteiger partial charge in [-0.05, 0) is 42.4 Å². The molecule has 0 spiro atoms. The number of urea groups is 1. The van der Waals surface area contributed by atoms with E-state index in [1.54, 1.807) is 13.1 Å². The van der Waals surface area contributed by atoms with E-state index in [0.29, 0.717) is 18.8 Å². The number of nitrogens with one attached hydrogen (secondary N) is 1. The Morgan fingerprint density at radius 1 is 1.07 bits per heavy atom. The molecule has 5 nitrogen and oxygen atoms in total. The molecule has 1 N–H and O–H groups in total. The van der Waals surface area contributed by atoms with Gasteiger partial charge in [0.15, 0.2) is 0 Å². The Hall–Kier alpha value is -2.95. The summed E-state index contributed by atoms with van der Waals surface area (Å²) in [5.41, 5.74) is 2.27. The molecule has 1 aliphatic rings. The zero-order valence-corrected chi connectivity index (χ0v) is 16.0. The zero-order chi connectivity index (χ0) is 19.4. The smallest absolute Gasteiger partial charge is 0.322 e. The van der Waals surface area contributed by atoms with Gasteiger partial charge in [-0.3, -0.25) is 4.79 Å². The summed E-state index contributed by atoms with van der Waals surface area (Å²) in [6, 6.07) is 17.4. The van der Waals surface area contributed by atoms with Gasteiger partial charge in [0, 0.05) is 0 Å². The van der Waals surface area contributed by atoms with Crippen molar-refractivity contribution >= 4 is 18.2 Å². The molecule has 1 atom stereocenters. The molecule has 0 unspecified atom stereocenters. The van der Waals surface area contributed by atoms with Gasteiger partial charge < -0.3 is 5.32 Å². The van der Waals surface area contributed by atoms with Crippen LogP contribution in [0.15, 0.2) is 59.7 Å². The van der Waals surface area contributed by atoms with Crippen LogP contribution in [0.1, 0.15) is 49.8 Å². The highest BCUT2D eigenvalue weighted by Crippen LogP contribution is 2.23. The lowest BCUT2D eigenvalue weighted by atomic mass is 9.93. The fourth-order valence-corrected chi connectivity index (χ4v) is 3.07. The van der Waals surface area contributed by atoms with E-state index in [1.165, 1.54) is 5.56 Å². The minimum Gasteiger partial charge on any atom is -0.322 e. The van der Waals surface area contributed by atoms with E-state index in [9.17, 15) is 9.59 Å². The van der Waals surface area contributed by atoms with Crippen molar-refractivity contribution in [1.82, 2.24) is 10.3 Å². The fourth-order valence-electron chi connectivity index (χ4n) is 3.07. The third kappa shape index (κ3) is 4.25. The summed E-state index contributed by atoms with van der Waals surface area (Å²) in [7, 11) is 0. The standard InChI is InChI=1S/C22H25N3O2/c1-16(2)19-11-9-18(10-12-19)15-23-25-20(26)22(3,24-21(25)27)14-13-17-7-5-4-6-8-17/h4-12,15-16H,13-14H2,1-3H3,(H,24,27)/b23-15-/t22-/m0/s1. The van der Waals surface area contributed by atoms with E-state index in [4.69, 9.17) is 0 Å². The summed E-state index contributed by atoms with van der Waals surface area (Å²) in [5, 5.41) is 7.84. The third-order valence-electron chi connectivity index (χ3n) is 4.92. The topological polar surface area (TPSA) is 61.8 Å². The molecule has 1 aliphatic heterocycles. The van der Waals surface area contributed by atoms with Crippen molar-refractivity contribution in [2.45, 2.75) is 45.1 Å². The van der Waals surface area contributed by atoms with E-state index in [1.807, 2.05) is 54.6 Å². The van der Waals surface area contributed by atoms with Gasteiger partial charge in [0.1, 0.15) is 5.54 Å². The Kier molecular flexibility index (Phi) is 5.40. The molecule has 3 rings (SSSR count). The van der Waals surface area contributed by atoms with E-state index < -0.39 is 11.6 Å². The van der Waals surface area contributed by atoms with Crippen molar-refractivity contribution in [3.05, 3.63) is 71.3 Å². The van der Waals surface area contributed by atoms with Gasteiger partial charge in [-0.1, -0.05) is 68.4 Å². The van der Waals surface area contributed by atoms with Crippen LogP contribution in [0.3, 0.4) is 0 Å². The van der Waals surface area contributed by atoms with E-state index >= 15 is 0 Å². The second kappa shape index (κ2) is 7.74. The maximum absolute atomic E-state index is 12.8. The zero-order valence-electron chi connectivity index (χ0n) is 16.0. The van der Waals surface area contributed by atoms with E-state index in [0.717, 1.165) is 16.1 Å². The average Bonchev–Trinajstić information content (AvgIpc) is 2.88. The van der Waals surface area contributed by atoms with Crippen molar-refractivity contribution in [3.8, 4) is 0 Å². The molecule has 0 radical (unpaired) electrons.